The van der Waals surface area contributed by atoms with Crippen LogP contribution in [0.15, 0.2) is 41.9 Å². The Morgan fingerprint density at radius 3 is 2.67 bits per heavy atom. The number of hydrogen-bond donors (Lipinski definition) is 1. The summed E-state index contributed by atoms with van der Waals surface area (Å²) in [6, 6.07) is 5.41. The normalized spacial score (nSPS) is 16.6. The summed E-state index contributed by atoms with van der Waals surface area (Å²) in [7, 11) is 1.29. The van der Waals surface area contributed by atoms with E-state index in [2.05, 4.69) is 20.1 Å². The maximum Gasteiger partial charge on any atom is 0.387 e. The van der Waals surface area contributed by atoms with Crippen molar-refractivity contribution in [3.05, 3.63) is 47.4 Å². The highest BCUT2D eigenvalue weighted by atomic mass is 19.3. The summed E-state index contributed by atoms with van der Waals surface area (Å²) < 4.78 is 35.3. The van der Waals surface area contributed by atoms with Crippen molar-refractivity contribution in [1.29, 1.82) is 0 Å². The second-order valence-corrected chi connectivity index (χ2v) is 5.03. The number of esters is 1. The highest BCUT2D eigenvalue weighted by molar-refractivity contribution is 5.92. The molecule has 0 aliphatic carbocycles. The van der Waals surface area contributed by atoms with E-state index in [1.165, 1.54) is 30.3 Å². The number of hydrogen-bond acceptors (Lipinski definition) is 6. The summed E-state index contributed by atoms with van der Waals surface area (Å²) in [5, 5.41) is 7.12. The molecular formula is C15H14F2N4O3. The van der Waals surface area contributed by atoms with Crippen LogP contribution in [-0.4, -0.2) is 34.5 Å². The number of anilines is 1. The Bertz CT molecular complexity index is 786. The van der Waals surface area contributed by atoms with E-state index in [4.69, 9.17) is 4.74 Å². The van der Waals surface area contributed by atoms with Gasteiger partial charge in [0.25, 0.3) is 0 Å². The van der Waals surface area contributed by atoms with Gasteiger partial charge in [-0.3, -0.25) is 0 Å². The first-order valence-corrected chi connectivity index (χ1v) is 7.01. The Kier molecular flexibility index (Phi) is 4.15. The molecule has 0 unspecified atom stereocenters. The van der Waals surface area contributed by atoms with Crippen LogP contribution in [0.1, 0.15) is 18.5 Å². The second kappa shape index (κ2) is 6.26. The first-order valence-electron chi connectivity index (χ1n) is 7.01. The molecule has 0 radical (unpaired) electrons. The Morgan fingerprint density at radius 1 is 1.33 bits per heavy atom. The lowest BCUT2D eigenvalue weighted by molar-refractivity contribution is -0.136. The molecule has 0 bridgehead atoms. The number of allylic oxidation sites excluding steroid dienone is 1. The van der Waals surface area contributed by atoms with E-state index >= 15 is 0 Å². The Balaban J connectivity index is 2.04. The number of methoxy groups -OCH3 is 1. The molecule has 1 aliphatic heterocycles. The van der Waals surface area contributed by atoms with Crippen LogP contribution in [0.3, 0.4) is 0 Å². The van der Waals surface area contributed by atoms with Crippen LogP contribution in [0.25, 0.3) is 0 Å². The van der Waals surface area contributed by atoms with Crippen molar-refractivity contribution in [3.8, 4) is 5.75 Å². The van der Waals surface area contributed by atoms with Gasteiger partial charge >= 0.3 is 12.6 Å². The predicted octanol–water partition coefficient (Wildman–Crippen LogP) is 2.34. The number of carbonyl (C=O) groups excluding carboxylic acids is 1. The fourth-order valence-corrected chi connectivity index (χ4v) is 2.60. The summed E-state index contributed by atoms with van der Waals surface area (Å²) in [5.74, 6) is -0.0149. The van der Waals surface area contributed by atoms with Gasteiger partial charge in [0.2, 0.25) is 5.95 Å². The smallest absolute Gasteiger partial charge is 0.387 e. The molecule has 1 atom stereocenters. The fourth-order valence-electron chi connectivity index (χ4n) is 2.60. The summed E-state index contributed by atoms with van der Waals surface area (Å²) in [4.78, 5) is 16.3. The average Bonchev–Trinajstić information content (AvgIpc) is 3.01. The lowest BCUT2D eigenvalue weighted by Gasteiger charge is -2.27. The quantitative estimate of drug-likeness (QED) is 0.864. The van der Waals surface area contributed by atoms with Gasteiger partial charge in [0.15, 0.2) is 0 Å². The minimum absolute atomic E-state index is 0.0295. The van der Waals surface area contributed by atoms with Gasteiger partial charge < -0.3 is 14.8 Å². The molecule has 0 amide bonds. The van der Waals surface area contributed by atoms with Gasteiger partial charge in [0, 0.05) is 5.70 Å². The van der Waals surface area contributed by atoms with Gasteiger partial charge in [-0.15, -0.1) is 0 Å². The number of aromatic nitrogens is 3. The van der Waals surface area contributed by atoms with Crippen molar-refractivity contribution in [2.45, 2.75) is 19.6 Å². The third kappa shape index (κ3) is 2.80. The third-order valence-electron chi connectivity index (χ3n) is 3.62. The molecular weight excluding hydrogens is 322 g/mol. The molecule has 0 spiro atoms. The number of alkyl halides is 2. The molecule has 7 nitrogen and oxygen atoms in total. The zero-order valence-electron chi connectivity index (χ0n) is 12.9. The Hall–Kier alpha value is -2.97. The van der Waals surface area contributed by atoms with Crippen LogP contribution in [-0.2, 0) is 9.53 Å². The number of rotatable bonds is 4. The van der Waals surface area contributed by atoms with Crippen LogP contribution in [0.5, 0.6) is 5.75 Å². The molecule has 126 valence electrons. The fraction of sp³-hybridized carbons (Fsp3) is 0.267. The molecule has 0 saturated heterocycles. The monoisotopic (exact) mass is 336 g/mol. The molecule has 1 N–H and O–H groups in total. The zero-order valence-corrected chi connectivity index (χ0v) is 12.9. The molecule has 24 heavy (non-hydrogen) atoms. The maximum absolute atomic E-state index is 12.3. The molecule has 1 aliphatic rings. The lowest BCUT2D eigenvalue weighted by Crippen LogP contribution is -2.29. The molecule has 1 aromatic carbocycles. The van der Waals surface area contributed by atoms with Crippen LogP contribution in [0.4, 0.5) is 14.7 Å². The first kappa shape index (κ1) is 15.9. The van der Waals surface area contributed by atoms with Gasteiger partial charge in [-0.1, -0.05) is 12.1 Å². The molecule has 2 heterocycles. The highest BCUT2D eigenvalue weighted by Gasteiger charge is 2.33. The highest BCUT2D eigenvalue weighted by Crippen LogP contribution is 2.35. The van der Waals surface area contributed by atoms with Crippen LogP contribution in [0.2, 0.25) is 0 Å². The third-order valence-corrected chi connectivity index (χ3v) is 3.62. The molecule has 0 saturated carbocycles. The lowest BCUT2D eigenvalue weighted by atomic mass is 9.96. The van der Waals surface area contributed by atoms with Gasteiger partial charge in [0.05, 0.1) is 12.7 Å². The largest absolute Gasteiger partial charge is 0.466 e. The van der Waals surface area contributed by atoms with E-state index < -0.39 is 18.6 Å². The molecule has 1 aromatic heterocycles. The summed E-state index contributed by atoms with van der Waals surface area (Å²) in [6.45, 7) is -1.17. The number of halogens is 2. The topological polar surface area (TPSA) is 78.3 Å². The van der Waals surface area contributed by atoms with Crippen LogP contribution in [0, 0.1) is 0 Å². The van der Waals surface area contributed by atoms with Crippen molar-refractivity contribution in [3.63, 3.8) is 0 Å². The van der Waals surface area contributed by atoms with Crippen molar-refractivity contribution >= 4 is 11.9 Å². The minimum Gasteiger partial charge on any atom is -0.466 e. The summed E-state index contributed by atoms with van der Waals surface area (Å²) >= 11 is 0. The first-order chi connectivity index (χ1) is 11.5. The Labute approximate surface area is 135 Å². The van der Waals surface area contributed by atoms with Crippen LogP contribution >= 0.6 is 0 Å². The number of nitrogens with one attached hydrogen (secondary N) is 1. The van der Waals surface area contributed by atoms with Gasteiger partial charge in [-0.2, -0.15) is 18.9 Å². The van der Waals surface area contributed by atoms with E-state index in [1.54, 1.807) is 19.1 Å². The number of fused-ring (bicyclic) bond motifs is 1. The van der Waals surface area contributed by atoms with Crippen molar-refractivity contribution < 1.29 is 23.0 Å². The summed E-state index contributed by atoms with van der Waals surface area (Å²) in [5.41, 5.74) is 1.60. The number of benzene rings is 1. The number of nitrogens with zero attached hydrogens (tertiary/aromatic N) is 3. The van der Waals surface area contributed by atoms with Crippen molar-refractivity contribution in [2.75, 3.05) is 12.4 Å². The SMILES string of the molecule is COC(=O)C1=C(C)Nc2ncnn2[C@H]1c1ccc(OC(F)F)cc1. The number of carbonyl (C=O) groups is 1. The van der Waals surface area contributed by atoms with Crippen LogP contribution < -0.4 is 10.1 Å². The summed E-state index contributed by atoms with van der Waals surface area (Å²) in [6.07, 6.45) is 1.36. The standard InChI is InChI=1S/C15H14F2N4O3/c1-8-11(13(22)23-2)12(21-15(20-8)18-7-19-21)9-3-5-10(6-4-9)24-14(16)17/h3-7,12,14H,1-2H3,(H,18,19,20)/t12-/m0/s1. The molecule has 3 rings (SSSR count). The van der Waals surface area contributed by atoms with E-state index in [0.29, 0.717) is 22.8 Å². The van der Waals surface area contributed by atoms with E-state index in [0.717, 1.165) is 0 Å². The van der Waals surface area contributed by atoms with E-state index in [-0.39, 0.29) is 5.75 Å². The van der Waals surface area contributed by atoms with Gasteiger partial charge in [-0.05, 0) is 24.6 Å². The average molecular weight is 336 g/mol. The molecule has 9 heteroatoms. The number of ether oxygens (including phenoxy) is 2. The molecule has 2 aromatic rings. The minimum atomic E-state index is -2.90. The second-order valence-electron chi connectivity index (χ2n) is 5.03. The Morgan fingerprint density at radius 2 is 2.04 bits per heavy atom. The van der Waals surface area contributed by atoms with Gasteiger partial charge in [0.1, 0.15) is 18.1 Å². The van der Waals surface area contributed by atoms with E-state index in [9.17, 15) is 13.6 Å². The van der Waals surface area contributed by atoms with Crippen molar-refractivity contribution in [1.82, 2.24) is 14.8 Å². The maximum atomic E-state index is 12.3. The van der Waals surface area contributed by atoms with Gasteiger partial charge in [-0.25, -0.2) is 9.48 Å². The van der Waals surface area contributed by atoms with Crippen molar-refractivity contribution in [2.24, 2.45) is 0 Å². The molecule has 0 fully saturated rings. The predicted molar refractivity (Wildman–Crippen MR) is 79.6 cm³/mol. The zero-order chi connectivity index (χ0) is 17.3. The van der Waals surface area contributed by atoms with E-state index in [1.807, 2.05) is 0 Å².